The number of hydrogen-bond donors (Lipinski definition) is 2. The Balaban J connectivity index is 1.16. The molecule has 8 heteroatoms. The second kappa shape index (κ2) is 9.96. The van der Waals surface area contributed by atoms with Crippen molar-refractivity contribution in [3.05, 3.63) is 34.7 Å². The molecule has 1 unspecified atom stereocenters. The number of benzene rings is 1. The Bertz CT molecular complexity index is 1120. The van der Waals surface area contributed by atoms with Crippen molar-refractivity contribution in [2.75, 3.05) is 11.9 Å². The van der Waals surface area contributed by atoms with Gasteiger partial charge in [-0.05, 0) is 81.3 Å². The quantitative estimate of drug-likeness (QED) is 0.491. The summed E-state index contributed by atoms with van der Waals surface area (Å²) in [4.78, 5) is 43.4. The van der Waals surface area contributed by atoms with Crippen molar-refractivity contribution in [3.63, 3.8) is 0 Å². The summed E-state index contributed by atoms with van der Waals surface area (Å²) in [5, 5.41) is 8.75. The highest BCUT2D eigenvalue weighted by molar-refractivity contribution is 7.09. The fraction of sp³-hybridized carbons (Fsp3) is 0.571. The zero-order valence-corrected chi connectivity index (χ0v) is 22.0. The van der Waals surface area contributed by atoms with Crippen molar-refractivity contribution in [2.24, 2.45) is 29.1 Å². The molecule has 2 N–H and O–H groups in total. The van der Waals surface area contributed by atoms with Gasteiger partial charge < -0.3 is 15.4 Å². The maximum Gasteiger partial charge on any atom is 0.329 e. The van der Waals surface area contributed by atoms with Crippen LogP contribution < -0.4 is 10.6 Å². The molecule has 1 heterocycles. The molecule has 4 aliphatic rings. The molecular formula is C28H35N3O4S. The van der Waals surface area contributed by atoms with Crippen LogP contribution in [0.1, 0.15) is 57.4 Å². The Kier molecular flexibility index (Phi) is 6.90. The van der Waals surface area contributed by atoms with Gasteiger partial charge in [-0.15, -0.1) is 11.3 Å². The van der Waals surface area contributed by atoms with Gasteiger partial charge in [0.25, 0.3) is 5.91 Å². The normalized spacial score (nSPS) is 27.1. The standard InChI is InChI=1S/C28H35N3O4S/c1-16(2)25(31-27(34)28-11-18-7-19(12-28)9-20(8-18)13-28)26(33)35-14-24(32)30-22-6-4-5-21(10-22)23-15-36-17(3)29-23/h4-6,10,15-16,18-20,25H,7-9,11-14H2,1-3H3,(H,30,32)(H,31,34). The molecule has 1 atom stereocenters. The van der Waals surface area contributed by atoms with Crippen LogP contribution in [0.5, 0.6) is 0 Å². The Morgan fingerprint density at radius 1 is 1.11 bits per heavy atom. The number of hydrogen-bond acceptors (Lipinski definition) is 6. The SMILES string of the molecule is Cc1nc(-c2cccc(NC(=O)COC(=O)C(NC(=O)C34CC5CC(CC(C5)C3)C4)C(C)C)c2)cs1. The summed E-state index contributed by atoms with van der Waals surface area (Å²) in [5.41, 5.74) is 2.03. The van der Waals surface area contributed by atoms with E-state index < -0.39 is 24.5 Å². The van der Waals surface area contributed by atoms with Crippen molar-refractivity contribution in [1.82, 2.24) is 10.3 Å². The Hall–Kier alpha value is -2.74. The molecule has 4 aliphatic carbocycles. The maximum atomic E-state index is 13.4. The molecule has 0 spiro atoms. The van der Waals surface area contributed by atoms with E-state index in [1.807, 2.05) is 44.4 Å². The van der Waals surface area contributed by atoms with Crippen LogP contribution in [-0.2, 0) is 19.1 Å². The molecular weight excluding hydrogens is 474 g/mol. The van der Waals surface area contributed by atoms with Gasteiger partial charge in [0.05, 0.1) is 10.7 Å². The average Bonchev–Trinajstić information content (AvgIpc) is 3.26. The van der Waals surface area contributed by atoms with E-state index in [1.54, 1.807) is 17.4 Å². The van der Waals surface area contributed by atoms with Crippen LogP contribution >= 0.6 is 11.3 Å². The van der Waals surface area contributed by atoms with Crippen molar-refractivity contribution in [2.45, 2.75) is 65.3 Å². The largest absolute Gasteiger partial charge is 0.454 e. The van der Waals surface area contributed by atoms with Gasteiger partial charge in [0.15, 0.2) is 6.61 Å². The summed E-state index contributed by atoms with van der Waals surface area (Å²) in [6, 6.07) is 6.64. The lowest BCUT2D eigenvalue weighted by Crippen LogP contribution is -2.57. The van der Waals surface area contributed by atoms with Crippen LogP contribution in [0.3, 0.4) is 0 Å². The van der Waals surface area contributed by atoms with Crippen LogP contribution in [0.2, 0.25) is 0 Å². The third-order valence-electron chi connectivity index (χ3n) is 8.13. The topological polar surface area (TPSA) is 97.4 Å². The number of carbonyl (C=O) groups excluding carboxylic acids is 3. The first-order chi connectivity index (χ1) is 17.2. The minimum Gasteiger partial charge on any atom is -0.454 e. The highest BCUT2D eigenvalue weighted by Crippen LogP contribution is 2.60. The number of nitrogens with one attached hydrogen (secondary N) is 2. The van der Waals surface area contributed by atoms with E-state index in [-0.39, 0.29) is 17.2 Å². The number of aromatic nitrogens is 1. The second-order valence-electron chi connectivity index (χ2n) is 11.4. The molecule has 4 bridgehead atoms. The van der Waals surface area contributed by atoms with Gasteiger partial charge in [0.1, 0.15) is 6.04 Å². The summed E-state index contributed by atoms with van der Waals surface area (Å²) in [5.74, 6) is 0.803. The molecule has 0 radical (unpaired) electrons. The lowest BCUT2D eigenvalue weighted by atomic mass is 9.49. The third-order valence-corrected chi connectivity index (χ3v) is 8.91. The molecule has 0 aliphatic heterocycles. The number of ether oxygens (including phenoxy) is 1. The number of aryl methyl sites for hydroxylation is 1. The predicted octanol–water partition coefficient (Wildman–Crippen LogP) is 4.96. The highest BCUT2D eigenvalue weighted by Gasteiger charge is 2.55. The zero-order chi connectivity index (χ0) is 25.4. The average molecular weight is 510 g/mol. The first-order valence-electron chi connectivity index (χ1n) is 13.0. The molecule has 6 rings (SSSR count). The lowest BCUT2D eigenvalue weighted by molar-refractivity contribution is -0.156. The van der Waals surface area contributed by atoms with Crippen LogP contribution in [0.15, 0.2) is 29.6 Å². The Morgan fingerprint density at radius 3 is 2.36 bits per heavy atom. The van der Waals surface area contributed by atoms with Gasteiger partial charge in [0, 0.05) is 22.0 Å². The number of thiazole rings is 1. The van der Waals surface area contributed by atoms with E-state index in [2.05, 4.69) is 15.6 Å². The van der Waals surface area contributed by atoms with Gasteiger partial charge in [0.2, 0.25) is 5.91 Å². The molecule has 36 heavy (non-hydrogen) atoms. The second-order valence-corrected chi connectivity index (χ2v) is 12.4. The fourth-order valence-corrected chi connectivity index (χ4v) is 7.48. The van der Waals surface area contributed by atoms with Gasteiger partial charge in [-0.1, -0.05) is 26.0 Å². The maximum absolute atomic E-state index is 13.4. The lowest BCUT2D eigenvalue weighted by Gasteiger charge is -2.55. The van der Waals surface area contributed by atoms with Crippen molar-refractivity contribution < 1.29 is 19.1 Å². The highest BCUT2D eigenvalue weighted by atomic mass is 32.1. The van der Waals surface area contributed by atoms with Gasteiger partial charge >= 0.3 is 5.97 Å². The third kappa shape index (κ3) is 5.19. The van der Waals surface area contributed by atoms with Gasteiger partial charge in [-0.3, -0.25) is 9.59 Å². The van der Waals surface area contributed by atoms with Crippen LogP contribution in [0.25, 0.3) is 11.3 Å². The number of amides is 2. The van der Waals surface area contributed by atoms with E-state index in [1.165, 1.54) is 19.3 Å². The van der Waals surface area contributed by atoms with E-state index in [0.29, 0.717) is 23.4 Å². The first-order valence-corrected chi connectivity index (χ1v) is 13.9. The molecule has 4 fully saturated rings. The summed E-state index contributed by atoms with van der Waals surface area (Å²) in [6.07, 6.45) is 6.57. The summed E-state index contributed by atoms with van der Waals surface area (Å²) < 4.78 is 5.36. The van der Waals surface area contributed by atoms with Crippen LogP contribution in [-0.4, -0.2) is 35.4 Å². The van der Waals surface area contributed by atoms with E-state index >= 15 is 0 Å². The minimum atomic E-state index is -0.769. The molecule has 2 aromatic rings. The number of anilines is 1. The molecule has 192 valence electrons. The number of nitrogens with zero attached hydrogens (tertiary/aromatic N) is 1. The predicted molar refractivity (Wildman–Crippen MR) is 139 cm³/mol. The molecule has 0 saturated heterocycles. The number of rotatable bonds is 8. The summed E-state index contributed by atoms with van der Waals surface area (Å²) in [6.45, 7) is 5.31. The Morgan fingerprint density at radius 2 is 1.78 bits per heavy atom. The van der Waals surface area contributed by atoms with Crippen LogP contribution in [0, 0.1) is 36.0 Å². The minimum absolute atomic E-state index is 0.00390. The van der Waals surface area contributed by atoms with Crippen molar-refractivity contribution >= 4 is 34.8 Å². The van der Waals surface area contributed by atoms with E-state index in [4.69, 9.17) is 4.74 Å². The molecule has 1 aromatic heterocycles. The molecule has 7 nitrogen and oxygen atoms in total. The summed E-state index contributed by atoms with van der Waals surface area (Å²) >= 11 is 1.57. The van der Waals surface area contributed by atoms with Gasteiger partial charge in [-0.2, -0.15) is 0 Å². The van der Waals surface area contributed by atoms with Crippen LogP contribution in [0.4, 0.5) is 5.69 Å². The monoisotopic (exact) mass is 509 g/mol. The number of esters is 1. The number of carbonyl (C=O) groups is 3. The van der Waals surface area contributed by atoms with Gasteiger partial charge in [-0.25, -0.2) is 9.78 Å². The molecule has 2 amide bonds. The van der Waals surface area contributed by atoms with E-state index in [0.717, 1.165) is 35.5 Å². The fourth-order valence-electron chi connectivity index (χ4n) is 6.86. The zero-order valence-electron chi connectivity index (χ0n) is 21.2. The smallest absolute Gasteiger partial charge is 0.329 e. The molecule has 1 aromatic carbocycles. The van der Waals surface area contributed by atoms with E-state index in [9.17, 15) is 14.4 Å². The van der Waals surface area contributed by atoms with Crippen molar-refractivity contribution in [3.8, 4) is 11.3 Å². The Labute approximate surface area is 216 Å². The first kappa shape index (κ1) is 24.9. The van der Waals surface area contributed by atoms with Crippen molar-refractivity contribution in [1.29, 1.82) is 0 Å². The molecule has 4 saturated carbocycles. The summed E-state index contributed by atoms with van der Waals surface area (Å²) in [7, 11) is 0.